The van der Waals surface area contributed by atoms with Crippen molar-refractivity contribution in [2.75, 3.05) is 19.6 Å². The van der Waals surface area contributed by atoms with Crippen LogP contribution in [0.5, 0.6) is 0 Å². The van der Waals surface area contributed by atoms with E-state index < -0.39 is 10.0 Å². The van der Waals surface area contributed by atoms with Gasteiger partial charge >= 0.3 is 0 Å². The second kappa shape index (κ2) is 7.94. The molecule has 0 atom stereocenters. The molecule has 138 valence electrons. The van der Waals surface area contributed by atoms with Crippen molar-refractivity contribution in [2.45, 2.75) is 24.7 Å². The zero-order valence-electron chi connectivity index (χ0n) is 14.6. The highest BCUT2D eigenvalue weighted by Gasteiger charge is 2.25. The topological polar surface area (TPSA) is 102 Å². The first-order valence-electron chi connectivity index (χ1n) is 8.54. The molecule has 0 aliphatic carbocycles. The Morgan fingerprint density at radius 1 is 1.19 bits per heavy atom. The Hall–Kier alpha value is -2.29. The molecule has 8 heteroatoms. The molecule has 0 saturated carbocycles. The molecule has 0 amide bonds. The van der Waals surface area contributed by atoms with Crippen LogP contribution < -0.4 is 5.73 Å². The molecular formula is C18H22N4O3S. The Labute approximate surface area is 152 Å². The third-order valence-corrected chi connectivity index (χ3v) is 6.09. The molecule has 0 unspecified atom stereocenters. The molecule has 3 rings (SSSR count). The van der Waals surface area contributed by atoms with Gasteiger partial charge in [-0.2, -0.15) is 4.31 Å². The van der Waals surface area contributed by atoms with Crippen LogP contribution in [0.25, 0.3) is 11.1 Å². The molecule has 0 bridgehead atoms. The van der Waals surface area contributed by atoms with Crippen LogP contribution in [-0.4, -0.2) is 42.5 Å². The second-order valence-electron chi connectivity index (χ2n) is 5.93. The summed E-state index contributed by atoms with van der Waals surface area (Å²) >= 11 is 0. The zero-order valence-corrected chi connectivity index (χ0v) is 15.4. The van der Waals surface area contributed by atoms with E-state index in [1.54, 1.807) is 6.07 Å². The number of hydrogen-bond donors (Lipinski definition) is 1. The van der Waals surface area contributed by atoms with E-state index in [1.807, 2.05) is 37.3 Å². The van der Waals surface area contributed by atoms with E-state index in [0.29, 0.717) is 36.2 Å². The van der Waals surface area contributed by atoms with Gasteiger partial charge < -0.3 is 10.3 Å². The molecule has 3 aromatic rings. The van der Waals surface area contributed by atoms with Crippen LogP contribution in [0.15, 0.2) is 52.0 Å². The smallest absolute Gasteiger partial charge is 0.258 e. The maximum absolute atomic E-state index is 13.1. The predicted molar refractivity (Wildman–Crippen MR) is 99.1 cm³/mol. The van der Waals surface area contributed by atoms with Gasteiger partial charge in [0.25, 0.3) is 5.71 Å². The van der Waals surface area contributed by atoms with E-state index >= 15 is 0 Å². The summed E-state index contributed by atoms with van der Waals surface area (Å²) in [4.78, 5) is 4.24. The molecule has 2 aromatic heterocycles. The van der Waals surface area contributed by atoms with Gasteiger partial charge in [-0.1, -0.05) is 42.4 Å². The van der Waals surface area contributed by atoms with Crippen LogP contribution in [0.1, 0.15) is 18.2 Å². The van der Waals surface area contributed by atoms with Gasteiger partial charge in [0.2, 0.25) is 10.0 Å². The van der Waals surface area contributed by atoms with Crippen molar-refractivity contribution in [3.63, 3.8) is 0 Å². The Bertz CT molecular complexity index is 971. The van der Waals surface area contributed by atoms with Gasteiger partial charge in [-0.3, -0.25) is 0 Å². The first-order valence-corrected chi connectivity index (χ1v) is 9.98. The number of pyridine rings is 1. The van der Waals surface area contributed by atoms with Crippen molar-refractivity contribution in [3.05, 3.63) is 53.9 Å². The quantitative estimate of drug-likeness (QED) is 0.647. The molecule has 0 spiro atoms. The summed E-state index contributed by atoms with van der Waals surface area (Å²) in [5.74, 6) is 0. The van der Waals surface area contributed by atoms with Gasteiger partial charge in [-0.05, 0) is 24.5 Å². The van der Waals surface area contributed by atoms with Crippen molar-refractivity contribution < 1.29 is 12.9 Å². The van der Waals surface area contributed by atoms with Crippen molar-refractivity contribution >= 4 is 21.1 Å². The van der Waals surface area contributed by atoms with E-state index in [0.717, 1.165) is 5.56 Å². The Morgan fingerprint density at radius 2 is 1.96 bits per heavy atom. The molecule has 0 fully saturated rings. The summed E-state index contributed by atoms with van der Waals surface area (Å²) in [6, 6.07) is 11.3. The lowest BCUT2D eigenvalue weighted by atomic mass is 10.1. The summed E-state index contributed by atoms with van der Waals surface area (Å²) < 4.78 is 32.7. The number of sulfonamides is 1. The minimum Gasteiger partial charge on any atom is -0.336 e. The van der Waals surface area contributed by atoms with Gasteiger partial charge in [0.1, 0.15) is 4.90 Å². The number of fused-ring (bicyclic) bond motifs is 1. The molecule has 2 heterocycles. The molecule has 1 aromatic carbocycles. The van der Waals surface area contributed by atoms with Crippen LogP contribution in [0.4, 0.5) is 0 Å². The molecule has 26 heavy (non-hydrogen) atoms. The Kier molecular flexibility index (Phi) is 5.65. The summed E-state index contributed by atoms with van der Waals surface area (Å²) in [6.07, 6.45) is 2.57. The third-order valence-electron chi connectivity index (χ3n) is 4.22. The molecule has 0 aliphatic rings. The SMILES string of the molecule is CCc1noc2ncc(S(=O)(=O)N(CCN)CCc3ccccc3)cc12. The van der Waals surface area contributed by atoms with E-state index in [-0.39, 0.29) is 18.0 Å². The van der Waals surface area contributed by atoms with Gasteiger partial charge in [0, 0.05) is 19.6 Å². The van der Waals surface area contributed by atoms with Gasteiger partial charge in [-0.25, -0.2) is 13.4 Å². The number of benzene rings is 1. The highest BCUT2D eigenvalue weighted by atomic mass is 32.2. The van der Waals surface area contributed by atoms with Crippen LogP contribution in [0.2, 0.25) is 0 Å². The summed E-state index contributed by atoms with van der Waals surface area (Å²) in [7, 11) is -3.71. The van der Waals surface area contributed by atoms with Gasteiger partial charge in [0.15, 0.2) is 0 Å². The van der Waals surface area contributed by atoms with Crippen LogP contribution in [0.3, 0.4) is 0 Å². The molecule has 2 N–H and O–H groups in total. The van der Waals surface area contributed by atoms with E-state index in [4.69, 9.17) is 10.3 Å². The minimum absolute atomic E-state index is 0.129. The van der Waals surface area contributed by atoms with Crippen molar-refractivity contribution in [2.24, 2.45) is 5.73 Å². The van der Waals surface area contributed by atoms with E-state index in [9.17, 15) is 8.42 Å². The van der Waals surface area contributed by atoms with E-state index in [1.165, 1.54) is 10.5 Å². The zero-order chi connectivity index (χ0) is 18.6. The summed E-state index contributed by atoms with van der Waals surface area (Å²) in [5, 5.41) is 4.56. The highest BCUT2D eigenvalue weighted by molar-refractivity contribution is 7.89. The Balaban J connectivity index is 1.89. The predicted octanol–water partition coefficient (Wildman–Crippen LogP) is 1.98. The van der Waals surface area contributed by atoms with Crippen LogP contribution in [-0.2, 0) is 22.9 Å². The van der Waals surface area contributed by atoms with Crippen molar-refractivity contribution in [1.82, 2.24) is 14.4 Å². The lowest BCUT2D eigenvalue weighted by Crippen LogP contribution is -2.37. The summed E-state index contributed by atoms with van der Waals surface area (Å²) in [5.41, 5.74) is 7.76. The summed E-state index contributed by atoms with van der Waals surface area (Å²) in [6.45, 7) is 2.78. The fourth-order valence-electron chi connectivity index (χ4n) is 2.80. The van der Waals surface area contributed by atoms with Crippen molar-refractivity contribution in [1.29, 1.82) is 0 Å². The fraction of sp³-hybridized carbons (Fsp3) is 0.333. The molecule has 0 radical (unpaired) electrons. The average Bonchev–Trinajstić information content (AvgIpc) is 3.08. The maximum atomic E-state index is 13.1. The number of aryl methyl sites for hydroxylation is 1. The lowest BCUT2D eigenvalue weighted by Gasteiger charge is -2.21. The maximum Gasteiger partial charge on any atom is 0.258 e. The normalized spacial score (nSPS) is 12.1. The lowest BCUT2D eigenvalue weighted by molar-refractivity contribution is 0.421. The molecule has 7 nitrogen and oxygen atoms in total. The number of nitrogens with zero attached hydrogens (tertiary/aromatic N) is 3. The average molecular weight is 374 g/mol. The number of nitrogens with two attached hydrogens (primary N) is 1. The first kappa shape index (κ1) is 18.5. The molecular weight excluding hydrogens is 352 g/mol. The first-order chi connectivity index (χ1) is 12.6. The largest absolute Gasteiger partial charge is 0.336 e. The monoisotopic (exact) mass is 374 g/mol. The second-order valence-corrected chi connectivity index (χ2v) is 7.87. The minimum atomic E-state index is -3.71. The van der Waals surface area contributed by atoms with Crippen LogP contribution in [0, 0.1) is 0 Å². The van der Waals surface area contributed by atoms with Crippen LogP contribution >= 0.6 is 0 Å². The van der Waals surface area contributed by atoms with Gasteiger partial charge in [0.05, 0.1) is 17.3 Å². The Morgan fingerprint density at radius 3 is 2.65 bits per heavy atom. The number of aromatic nitrogens is 2. The molecule has 0 saturated heterocycles. The van der Waals surface area contributed by atoms with Gasteiger partial charge in [-0.15, -0.1) is 0 Å². The number of hydrogen-bond acceptors (Lipinski definition) is 6. The standard InChI is InChI=1S/C18H22N4O3S/c1-2-17-16-12-15(13-20-18(16)25-21-17)26(23,24)22(11-9-19)10-8-14-6-4-3-5-7-14/h3-7,12-13H,2,8-11,19H2,1H3. The van der Waals surface area contributed by atoms with Crippen molar-refractivity contribution in [3.8, 4) is 0 Å². The fourth-order valence-corrected chi connectivity index (χ4v) is 4.23. The van der Waals surface area contributed by atoms with E-state index in [2.05, 4.69) is 10.1 Å². The molecule has 0 aliphatic heterocycles. The number of rotatable bonds is 8. The third kappa shape index (κ3) is 3.77. The highest BCUT2D eigenvalue weighted by Crippen LogP contribution is 2.23.